The van der Waals surface area contributed by atoms with Gasteiger partial charge in [-0.05, 0) is 25.1 Å². The fourth-order valence-electron chi connectivity index (χ4n) is 1.22. The Bertz CT molecular complexity index is 377. The molecule has 0 bridgehead atoms. The number of aliphatic hydroxyl groups is 1. The molecule has 0 saturated heterocycles. The lowest BCUT2D eigenvalue weighted by atomic mass is 10.1. The summed E-state index contributed by atoms with van der Waals surface area (Å²) >= 11 is 0. The molecule has 0 aromatic heterocycles. The average molecular weight is 224 g/mol. The number of hydrogen-bond acceptors (Lipinski definition) is 4. The van der Waals surface area contributed by atoms with Crippen LogP contribution in [0.5, 0.6) is 5.75 Å². The van der Waals surface area contributed by atoms with Gasteiger partial charge in [-0.2, -0.15) is 0 Å². The zero-order valence-electron chi connectivity index (χ0n) is 9.36. The minimum Gasteiger partial charge on any atom is -0.495 e. The first-order chi connectivity index (χ1) is 7.54. The number of nitrogen functional groups attached to an aromatic ring is 1. The minimum absolute atomic E-state index is 0.213. The van der Waals surface area contributed by atoms with E-state index in [4.69, 9.17) is 15.6 Å². The van der Waals surface area contributed by atoms with Gasteiger partial charge in [0.15, 0.2) is 0 Å². The normalized spacial score (nSPS) is 11.9. The van der Waals surface area contributed by atoms with E-state index >= 15 is 0 Å². The lowest BCUT2D eigenvalue weighted by molar-refractivity contribution is 0.0924. The van der Waals surface area contributed by atoms with E-state index in [1.165, 1.54) is 13.2 Å². The molecule has 0 unspecified atom stereocenters. The molecule has 0 heterocycles. The number of nitrogens with one attached hydrogen (secondary N) is 1. The summed E-state index contributed by atoms with van der Waals surface area (Å²) in [6.07, 6.45) is -0.570. The molecule has 0 aliphatic heterocycles. The molecule has 1 rings (SSSR count). The van der Waals surface area contributed by atoms with Crippen LogP contribution < -0.4 is 15.8 Å². The van der Waals surface area contributed by atoms with E-state index in [0.717, 1.165) is 0 Å². The van der Waals surface area contributed by atoms with Crippen LogP contribution in [0, 0.1) is 0 Å². The third-order valence-corrected chi connectivity index (χ3v) is 2.05. The zero-order valence-corrected chi connectivity index (χ0v) is 9.36. The predicted molar refractivity (Wildman–Crippen MR) is 61.4 cm³/mol. The van der Waals surface area contributed by atoms with Crippen LogP contribution in [0.25, 0.3) is 0 Å². The molecule has 5 nitrogen and oxygen atoms in total. The Hall–Kier alpha value is -1.75. The summed E-state index contributed by atoms with van der Waals surface area (Å²) in [5.74, 6) is 0.266. The highest BCUT2D eigenvalue weighted by Gasteiger charge is 2.08. The number of nitrogens with two attached hydrogens (primary N) is 1. The molecule has 4 N–H and O–H groups in total. The Morgan fingerprint density at radius 1 is 1.62 bits per heavy atom. The van der Waals surface area contributed by atoms with E-state index in [0.29, 0.717) is 17.0 Å². The van der Waals surface area contributed by atoms with Crippen molar-refractivity contribution in [2.75, 3.05) is 19.4 Å². The highest BCUT2D eigenvalue weighted by molar-refractivity contribution is 5.95. The Morgan fingerprint density at radius 3 is 2.81 bits per heavy atom. The number of rotatable bonds is 4. The van der Waals surface area contributed by atoms with Crippen molar-refractivity contribution in [1.82, 2.24) is 5.32 Å². The van der Waals surface area contributed by atoms with Crippen LogP contribution in [0.2, 0.25) is 0 Å². The van der Waals surface area contributed by atoms with Crippen molar-refractivity contribution in [1.29, 1.82) is 0 Å². The van der Waals surface area contributed by atoms with Crippen LogP contribution in [0.1, 0.15) is 17.3 Å². The summed E-state index contributed by atoms with van der Waals surface area (Å²) in [5, 5.41) is 11.6. The molecule has 16 heavy (non-hydrogen) atoms. The number of hydrogen-bond donors (Lipinski definition) is 3. The number of aliphatic hydroxyl groups excluding tert-OH is 1. The first-order valence-corrected chi connectivity index (χ1v) is 4.94. The van der Waals surface area contributed by atoms with Gasteiger partial charge in [-0.1, -0.05) is 0 Å². The highest BCUT2D eigenvalue weighted by atomic mass is 16.5. The fourth-order valence-corrected chi connectivity index (χ4v) is 1.22. The second-order valence-electron chi connectivity index (χ2n) is 3.52. The van der Waals surface area contributed by atoms with Gasteiger partial charge < -0.3 is 20.9 Å². The molecule has 1 aromatic rings. The molecule has 0 fully saturated rings. The summed E-state index contributed by atoms with van der Waals surface area (Å²) in [5.41, 5.74) is 6.52. The smallest absolute Gasteiger partial charge is 0.251 e. The average Bonchev–Trinajstić information content (AvgIpc) is 2.25. The predicted octanol–water partition coefficient (Wildman–Crippen LogP) is 0.388. The van der Waals surface area contributed by atoms with Crippen molar-refractivity contribution in [3.8, 4) is 5.75 Å². The summed E-state index contributed by atoms with van der Waals surface area (Å²) in [7, 11) is 1.51. The summed E-state index contributed by atoms with van der Waals surface area (Å²) in [6.45, 7) is 1.81. The summed E-state index contributed by atoms with van der Waals surface area (Å²) < 4.78 is 4.98. The van der Waals surface area contributed by atoms with Gasteiger partial charge in [0.25, 0.3) is 5.91 Å². The molecular formula is C11H16N2O3. The Morgan fingerprint density at radius 2 is 2.31 bits per heavy atom. The van der Waals surface area contributed by atoms with Gasteiger partial charge in [0.2, 0.25) is 0 Å². The monoisotopic (exact) mass is 224 g/mol. The fraction of sp³-hybridized carbons (Fsp3) is 0.364. The molecule has 0 radical (unpaired) electrons. The first-order valence-electron chi connectivity index (χ1n) is 4.94. The van der Waals surface area contributed by atoms with Gasteiger partial charge in [0, 0.05) is 12.1 Å². The van der Waals surface area contributed by atoms with Crippen molar-refractivity contribution in [2.24, 2.45) is 0 Å². The van der Waals surface area contributed by atoms with Gasteiger partial charge in [0.05, 0.1) is 18.9 Å². The number of carbonyl (C=O) groups is 1. The second kappa shape index (κ2) is 5.37. The maximum absolute atomic E-state index is 11.6. The van der Waals surface area contributed by atoms with Gasteiger partial charge in [0.1, 0.15) is 5.75 Å². The molecule has 5 heteroatoms. The van der Waals surface area contributed by atoms with Crippen molar-refractivity contribution in [2.45, 2.75) is 13.0 Å². The molecule has 88 valence electrons. The Kier molecular flexibility index (Phi) is 4.13. The topological polar surface area (TPSA) is 84.6 Å². The van der Waals surface area contributed by atoms with E-state index in [2.05, 4.69) is 5.32 Å². The third kappa shape index (κ3) is 3.13. The Labute approximate surface area is 94.2 Å². The van der Waals surface area contributed by atoms with Crippen LogP contribution >= 0.6 is 0 Å². The minimum atomic E-state index is -0.570. The number of amides is 1. The second-order valence-corrected chi connectivity index (χ2v) is 3.52. The van der Waals surface area contributed by atoms with E-state index < -0.39 is 6.10 Å². The Balaban J connectivity index is 2.73. The van der Waals surface area contributed by atoms with E-state index in [1.807, 2.05) is 0 Å². The standard InChI is InChI=1S/C11H16N2O3/c1-7(14)6-13-11(15)8-3-4-10(16-2)9(12)5-8/h3-5,7,14H,6,12H2,1-2H3,(H,13,15)/t7-/m0/s1. The first kappa shape index (κ1) is 12.3. The quantitative estimate of drug-likeness (QED) is 0.646. The van der Waals surface area contributed by atoms with Crippen LogP contribution in [0.3, 0.4) is 0 Å². The SMILES string of the molecule is COc1ccc(C(=O)NC[C@H](C)O)cc1N. The molecule has 0 spiro atoms. The van der Waals surface area contributed by atoms with Crippen LogP contribution in [-0.4, -0.2) is 30.8 Å². The number of methoxy groups -OCH3 is 1. The van der Waals surface area contributed by atoms with Gasteiger partial charge >= 0.3 is 0 Å². The van der Waals surface area contributed by atoms with E-state index in [1.54, 1.807) is 19.1 Å². The van der Waals surface area contributed by atoms with Gasteiger partial charge in [-0.25, -0.2) is 0 Å². The number of anilines is 1. The van der Waals surface area contributed by atoms with Crippen molar-refractivity contribution in [3.63, 3.8) is 0 Å². The van der Waals surface area contributed by atoms with Gasteiger partial charge in [-0.3, -0.25) is 4.79 Å². The summed E-state index contributed by atoms with van der Waals surface area (Å²) in [6, 6.07) is 4.79. The zero-order chi connectivity index (χ0) is 12.1. The number of carbonyl (C=O) groups excluding carboxylic acids is 1. The lowest BCUT2D eigenvalue weighted by Crippen LogP contribution is -2.30. The van der Waals surface area contributed by atoms with Gasteiger partial charge in [-0.15, -0.1) is 0 Å². The van der Waals surface area contributed by atoms with Crippen LogP contribution in [0.15, 0.2) is 18.2 Å². The molecule has 0 aliphatic rings. The highest BCUT2D eigenvalue weighted by Crippen LogP contribution is 2.21. The molecule has 1 amide bonds. The van der Waals surface area contributed by atoms with Crippen LogP contribution in [0.4, 0.5) is 5.69 Å². The van der Waals surface area contributed by atoms with Crippen LogP contribution in [-0.2, 0) is 0 Å². The van der Waals surface area contributed by atoms with Crippen molar-refractivity contribution >= 4 is 11.6 Å². The maximum Gasteiger partial charge on any atom is 0.251 e. The third-order valence-electron chi connectivity index (χ3n) is 2.05. The molecule has 0 aliphatic carbocycles. The number of ether oxygens (including phenoxy) is 1. The molecule has 0 saturated carbocycles. The van der Waals surface area contributed by atoms with Crippen molar-refractivity contribution < 1.29 is 14.6 Å². The summed E-state index contributed by atoms with van der Waals surface area (Å²) in [4.78, 5) is 11.6. The van der Waals surface area contributed by atoms with E-state index in [-0.39, 0.29) is 12.5 Å². The lowest BCUT2D eigenvalue weighted by Gasteiger charge is -2.09. The van der Waals surface area contributed by atoms with Crippen molar-refractivity contribution in [3.05, 3.63) is 23.8 Å². The molecule has 1 atom stereocenters. The largest absolute Gasteiger partial charge is 0.495 e. The molecule has 1 aromatic carbocycles. The number of benzene rings is 1. The molecular weight excluding hydrogens is 208 g/mol. The van der Waals surface area contributed by atoms with E-state index in [9.17, 15) is 4.79 Å². The maximum atomic E-state index is 11.6.